The van der Waals surface area contributed by atoms with Crippen LogP contribution in [0.2, 0.25) is 0 Å². The molecule has 1 fully saturated rings. The molecule has 0 spiro atoms. The van der Waals surface area contributed by atoms with E-state index in [-0.39, 0.29) is 11.4 Å². The van der Waals surface area contributed by atoms with Crippen molar-refractivity contribution in [1.82, 2.24) is 10.3 Å². The van der Waals surface area contributed by atoms with Crippen LogP contribution in [-0.2, 0) is 0 Å². The van der Waals surface area contributed by atoms with Gasteiger partial charge in [-0.05, 0) is 30.4 Å². The zero-order valence-corrected chi connectivity index (χ0v) is 11.3. The first kappa shape index (κ1) is 12.9. The van der Waals surface area contributed by atoms with Crippen LogP contribution in [0.3, 0.4) is 0 Å². The van der Waals surface area contributed by atoms with Crippen molar-refractivity contribution in [3.8, 4) is 0 Å². The third-order valence-corrected chi connectivity index (χ3v) is 2.80. The Balaban J connectivity index is 2.05. The number of aromatic nitrogens is 1. The Labute approximate surface area is 108 Å². The molecule has 0 unspecified atom stereocenters. The summed E-state index contributed by atoms with van der Waals surface area (Å²) >= 11 is 0. The Morgan fingerprint density at radius 1 is 1.44 bits per heavy atom. The number of hydrogen-bond acceptors (Lipinski definition) is 2. The highest BCUT2D eigenvalue weighted by atomic mass is 16.2. The number of nitrogens with zero attached hydrogens (tertiary/aromatic N) is 2. The lowest BCUT2D eigenvalue weighted by Crippen LogP contribution is -2.44. The van der Waals surface area contributed by atoms with Crippen molar-refractivity contribution in [3.05, 3.63) is 24.4 Å². The maximum atomic E-state index is 12.2. The maximum absolute atomic E-state index is 12.2. The Morgan fingerprint density at radius 2 is 2.17 bits per heavy atom. The lowest BCUT2D eigenvalue weighted by atomic mass is 9.97. The molecule has 1 aromatic rings. The number of rotatable bonds is 3. The summed E-state index contributed by atoms with van der Waals surface area (Å²) in [5.41, 5.74) is 0.0923. The molecule has 1 aromatic heterocycles. The molecule has 1 N–H and O–H groups in total. The first-order chi connectivity index (χ1) is 8.47. The second-order valence-electron chi connectivity index (χ2n) is 6.01. The number of amides is 2. The molecular formula is C14H21N3O. The van der Waals surface area contributed by atoms with E-state index in [2.05, 4.69) is 31.1 Å². The number of nitrogens with one attached hydrogen (secondary N) is 1. The van der Waals surface area contributed by atoms with Crippen molar-refractivity contribution in [2.24, 2.45) is 5.41 Å². The van der Waals surface area contributed by atoms with Crippen LogP contribution in [0.15, 0.2) is 24.4 Å². The number of carbonyl (C=O) groups is 1. The summed E-state index contributed by atoms with van der Waals surface area (Å²) in [5.74, 6) is 0.742. The highest BCUT2D eigenvalue weighted by Crippen LogP contribution is 2.30. The van der Waals surface area contributed by atoms with E-state index in [1.807, 2.05) is 18.2 Å². The number of anilines is 1. The van der Waals surface area contributed by atoms with E-state index < -0.39 is 0 Å². The van der Waals surface area contributed by atoms with E-state index in [4.69, 9.17) is 0 Å². The van der Waals surface area contributed by atoms with Crippen LogP contribution in [0.5, 0.6) is 0 Å². The molecule has 98 valence electrons. The van der Waals surface area contributed by atoms with Crippen LogP contribution in [0.1, 0.15) is 33.6 Å². The van der Waals surface area contributed by atoms with Crippen molar-refractivity contribution in [2.45, 2.75) is 39.7 Å². The van der Waals surface area contributed by atoms with Gasteiger partial charge in [-0.2, -0.15) is 0 Å². The summed E-state index contributed by atoms with van der Waals surface area (Å²) < 4.78 is 0. The van der Waals surface area contributed by atoms with E-state index in [9.17, 15) is 4.79 Å². The third-order valence-electron chi connectivity index (χ3n) is 2.80. The largest absolute Gasteiger partial charge is 0.337 e. The molecule has 1 heterocycles. The summed E-state index contributed by atoms with van der Waals surface area (Å²) in [7, 11) is 0. The SMILES string of the molecule is CC(C)(C)CNC(=O)N(c1ccccn1)C1CC1. The third kappa shape index (κ3) is 3.45. The molecule has 2 amide bonds. The lowest BCUT2D eigenvalue weighted by Gasteiger charge is -2.25. The van der Waals surface area contributed by atoms with Crippen LogP contribution in [0.25, 0.3) is 0 Å². The number of urea groups is 1. The van der Waals surface area contributed by atoms with Gasteiger partial charge in [0.2, 0.25) is 0 Å². The lowest BCUT2D eigenvalue weighted by molar-refractivity contribution is 0.240. The summed E-state index contributed by atoms with van der Waals surface area (Å²) in [5, 5.41) is 2.99. The highest BCUT2D eigenvalue weighted by molar-refractivity contribution is 5.92. The van der Waals surface area contributed by atoms with Gasteiger partial charge in [-0.25, -0.2) is 9.78 Å². The van der Waals surface area contributed by atoms with E-state index in [1.165, 1.54) is 0 Å². The molecule has 0 radical (unpaired) electrons. The fourth-order valence-electron chi connectivity index (χ4n) is 1.71. The number of carbonyl (C=O) groups excluding carboxylic acids is 1. The molecule has 0 aliphatic heterocycles. The normalized spacial score (nSPS) is 15.3. The topological polar surface area (TPSA) is 45.2 Å². The Kier molecular flexibility index (Phi) is 3.55. The first-order valence-electron chi connectivity index (χ1n) is 6.45. The summed E-state index contributed by atoms with van der Waals surface area (Å²) in [6.45, 7) is 6.99. The van der Waals surface area contributed by atoms with Gasteiger partial charge in [0.1, 0.15) is 5.82 Å². The van der Waals surface area contributed by atoms with Crippen molar-refractivity contribution >= 4 is 11.8 Å². The van der Waals surface area contributed by atoms with Gasteiger partial charge in [0.15, 0.2) is 0 Å². The van der Waals surface area contributed by atoms with Gasteiger partial charge in [0.25, 0.3) is 0 Å². The highest BCUT2D eigenvalue weighted by Gasteiger charge is 2.34. The van der Waals surface area contributed by atoms with Gasteiger partial charge in [-0.15, -0.1) is 0 Å². The molecule has 4 heteroatoms. The minimum Gasteiger partial charge on any atom is -0.337 e. The van der Waals surface area contributed by atoms with Crippen molar-refractivity contribution in [3.63, 3.8) is 0 Å². The standard InChI is InChI=1S/C14H21N3O/c1-14(2,3)10-16-13(18)17(11-7-8-11)12-6-4-5-9-15-12/h4-6,9,11H,7-8,10H2,1-3H3,(H,16,18). The Hall–Kier alpha value is -1.58. The molecule has 1 aliphatic rings. The summed E-state index contributed by atoms with van der Waals surface area (Å²) in [4.78, 5) is 18.3. The van der Waals surface area contributed by atoms with Crippen LogP contribution in [0.4, 0.5) is 10.6 Å². The number of hydrogen-bond donors (Lipinski definition) is 1. The van der Waals surface area contributed by atoms with E-state index in [0.29, 0.717) is 12.6 Å². The van der Waals surface area contributed by atoms with Crippen LogP contribution >= 0.6 is 0 Å². The Morgan fingerprint density at radius 3 is 2.67 bits per heavy atom. The minimum absolute atomic E-state index is 0.0360. The zero-order chi connectivity index (χ0) is 13.2. The minimum atomic E-state index is -0.0360. The molecule has 1 aliphatic carbocycles. The smallest absolute Gasteiger partial charge is 0.323 e. The van der Waals surface area contributed by atoms with Crippen molar-refractivity contribution in [2.75, 3.05) is 11.4 Å². The van der Waals surface area contributed by atoms with Crippen molar-refractivity contribution in [1.29, 1.82) is 0 Å². The predicted molar refractivity (Wildman–Crippen MR) is 72.6 cm³/mol. The molecule has 0 bridgehead atoms. The maximum Gasteiger partial charge on any atom is 0.323 e. The van der Waals surface area contributed by atoms with Gasteiger partial charge in [0, 0.05) is 18.8 Å². The number of pyridine rings is 1. The summed E-state index contributed by atoms with van der Waals surface area (Å²) in [6.07, 6.45) is 3.86. The molecular weight excluding hydrogens is 226 g/mol. The fourth-order valence-corrected chi connectivity index (χ4v) is 1.71. The van der Waals surface area contributed by atoms with Gasteiger partial charge in [0.05, 0.1) is 0 Å². The summed E-state index contributed by atoms with van der Waals surface area (Å²) in [6, 6.07) is 5.94. The molecule has 18 heavy (non-hydrogen) atoms. The van der Waals surface area contributed by atoms with Crippen molar-refractivity contribution < 1.29 is 4.79 Å². The second kappa shape index (κ2) is 4.96. The first-order valence-corrected chi connectivity index (χ1v) is 6.45. The van der Waals surface area contributed by atoms with E-state index >= 15 is 0 Å². The second-order valence-corrected chi connectivity index (χ2v) is 6.01. The zero-order valence-electron chi connectivity index (χ0n) is 11.3. The molecule has 0 atom stereocenters. The Bertz CT molecular complexity index is 407. The molecule has 4 nitrogen and oxygen atoms in total. The average molecular weight is 247 g/mol. The molecule has 0 saturated heterocycles. The van der Waals surface area contributed by atoms with Gasteiger partial charge in [-0.1, -0.05) is 26.8 Å². The fraction of sp³-hybridized carbons (Fsp3) is 0.571. The van der Waals surface area contributed by atoms with Crippen LogP contribution < -0.4 is 10.2 Å². The van der Waals surface area contributed by atoms with E-state index in [1.54, 1.807) is 11.1 Å². The monoisotopic (exact) mass is 247 g/mol. The van der Waals surface area contributed by atoms with Crippen LogP contribution in [0, 0.1) is 5.41 Å². The molecule has 0 aromatic carbocycles. The predicted octanol–water partition coefficient (Wildman–Crippen LogP) is 2.81. The van der Waals surface area contributed by atoms with E-state index in [0.717, 1.165) is 18.7 Å². The average Bonchev–Trinajstić information content (AvgIpc) is 3.12. The van der Waals surface area contributed by atoms with Gasteiger partial charge in [-0.3, -0.25) is 4.90 Å². The molecule has 1 saturated carbocycles. The van der Waals surface area contributed by atoms with Gasteiger partial charge < -0.3 is 5.32 Å². The quantitative estimate of drug-likeness (QED) is 0.892. The van der Waals surface area contributed by atoms with Crippen LogP contribution in [-0.4, -0.2) is 23.6 Å². The van der Waals surface area contributed by atoms with Gasteiger partial charge >= 0.3 is 6.03 Å². The molecule has 2 rings (SSSR count).